The van der Waals surface area contributed by atoms with Gasteiger partial charge in [-0.1, -0.05) is 18.5 Å². The number of methoxy groups -OCH3 is 1. The van der Waals surface area contributed by atoms with Crippen LogP contribution in [0.1, 0.15) is 30.4 Å². The van der Waals surface area contributed by atoms with Crippen LogP contribution in [0, 0.1) is 0 Å². The van der Waals surface area contributed by atoms with E-state index in [-0.39, 0.29) is 0 Å². The summed E-state index contributed by atoms with van der Waals surface area (Å²) >= 11 is 6.29. The van der Waals surface area contributed by atoms with E-state index >= 15 is 0 Å². The zero-order chi connectivity index (χ0) is 11.5. The third-order valence-electron chi connectivity index (χ3n) is 3.28. The van der Waals surface area contributed by atoms with Crippen molar-refractivity contribution in [2.45, 2.75) is 25.7 Å². The zero-order valence-electron chi connectivity index (χ0n) is 9.85. The first kappa shape index (κ1) is 11.7. The molecule has 0 spiro atoms. The Bertz CT molecular complexity index is 372. The topological polar surface area (TPSA) is 21.3 Å². The molecule has 0 aliphatic carbocycles. The summed E-state index contributed by atoms with van der Waals surface area (Å²) in [7, 11) is 1.71. The normalized spacial score (nSPS) is 20.1. The van der Waals surface area contributed by atoms with Crippen LogP contribution < -0.4 is 10.1 Å². The van der Waals surface area contributed by atoms with Gasteiger partial charge in [0, 0.05) is 17.1 Å². The fraction of sp³-hybridized carbons (Fsp3) is 0.538. The molecule has 0 amide bonds. The lowest BCUT2D eigenvalue weighted by Gasteiger charge is -2.15. The van der Waals surface area contributed by atoms with E-state index in [1.54, 1.807) is 7.11 Å². The quantitative estimate of drug-likeness (QED) is 0.876. The summed E-state index contributed by atoms with van der Waals surface area (Å²) in [6.07, 6.45) is 2.09. The van der Waals surface area contributed by atoms with Crippen molar-refractivity contribution in [2.75, 3.05) is 20.2 Å². The average molecular weight is 240 g/mol. The first-order chi connectivity index (χ1) is 7.76. The van der Waals surface area contributed by atoms with Gasteiger partial charge in [-0.2, -0.15) is 0 Å². The van der Waals surface area contributed by atoms with Crippen LogP contribution in [0.25, 0.3) is 0 Å². The van der Waals surface area contributed by atoms with Gasteiger partial charge in [0.1, 0.15) is 5.75 Å². The summed E-state index contributed by atoms with van der Waals surface area (Å²) in [6.45, 7) is 4.24. The van der Waals surface area contributed by atoms with Crippen LogP contribution >= 0.6 is 11.6 Å². The molecule has 1 saturated heterocycles. The van der Waals surface area contributed by atoms with Crippen LogP contribution in [0.5, 0.6) is 5.75 Å². The third kappa shape index (κ3) is 2.18. The van der Waals surface area contributed by atoms with Gasteiger partial charge < -0.3 is 10.1 Å². The highest BCUT2D eigenvalue weighted by molar-refractivity contribution is 6.31. The maximum absolute atomic E-state index is 6.29. The summed E-state index contributed by atoms with van der Waals surface area (Å²) in [5.41, 5.74) is 2.41. The van der Waals surface area contributed by atoms with E-state index in [2.05, 4.69) is 24.4 Å². The smallest absolute Gasteiger partial charge is 0.123 e. The molecule has 1 fully saturated rings. The number of halogens is 1. The molecule has 1 atom stereocenters. The second kappa shape index (κ2) is 5.07. The summed E-state index contributed by atoms with van der Waals surface area (Å²) in [4.78, 5) is 0. The minimum Gasteiger partial charge on any atom is -0.496 e. The van der Waals surface area contributed by atoms with Gasteiger partial charge in [-0.3, -0.25) is 0 Å². The number of hydrogen-bond donors (Lipinski definition) is 1. The molecule has 1 aromatic carbocycles. The third-order valence-corrected chi connectivity index (χ3v) is 3.62. The van der Waals surface area contributed by atoms with E-state index in [4.69, 9.17) is 16.3 Å². The largest absolute Gasteiger partial charge is 0.496 e. The van der Waals surface area contributed by atoms with Gasteiger partial charge >= 0.3 is 0 Å². The molecule has 1 aliphatic heterocycles. The Balaban J connectivity index is 2.36. The Kier molecular flexibility index (Phi) is 3.72. The van der Waals surface area contributed by atoms with Gasteiger partial charge in [-0.05, 0) is 43.0 Å². The molecule has 16 heavy (non-hydrogen) atoms. The van der Waals surface area contributed by atoms with E-state index in [1.807, 2.05) is 0 Å². The highest BCUT2D eigenvalue weighted by Crippen LogP contribution is 2.33. The van der Waals surface area contributed by atoms with Crippen molar-refractivity contribution in [3.05, 3.63) is 28.3 Å². The Hall–Kier alpha value is -0.730. The lowest BCUT2D eigenvalue weighted by Crippen LogP contribution is -2.08. The zero-order valence-corrected chi connectivity index (χ0v) is 10.6. The summed E-state index contributed by atoms with van der Waals surface area (Å²) < 4.78 is 5.41. The standard InChI is InChI=1S/C13H18ClNO/c1-3-11-12(14)6-10(7-13(11)16-2)9-4-5-15-8-9/h6-7,9,15H,3-5,8H2,1-2H3. The van der Waals surface area contributed by atoms with Gasteiger partial charge in [-0.25, -0.2) is 0 Å². The first-order valence-corrected chi connectivity index (χ1v) is 6.21. The van der Waals surface area contributed by atoms with E-state index < -0.39 is 0 Å². The summed E-state index contributed by atoms with van der Waals surface area (Å²) in [6, 6.07) is 4.24. The van der Waals surface area contributed by atoms with Crippen molar-refractivity contribution >= 4 is 11.6 Å². The Morgan fingerprint density at radius 1 is 1.50 bits per heavy atom. The second-order valence-corrected chi connectivity index (χ2v) is 4.63. The van der Waals surface area contributed by atoms with Crippen molar-refractivity contribution in [1.82, 2.24) is 5.32 Å². The van der Waals surface area contributed by atoms with Crippen molar-refractivity contribution in [2.24, 2.45) is 0 Å². The molecule has 1 N–H and O–H groups in total. The Morgan fingerprint density at radius 3 is 2.88 bits per heavy atom. The van der Waals surface area contributed by atoms with Gasteiger partial charge in [0.2, 0.25) is 0 Å². The van der Waals surface area contributed by atoms with E-state index in [0.717, 1.165) is 35.8 Å². The molecule has 1 unspecified atom stereocenters. The lowest BCUT2D eigenvalue weighted by atomic mass is 9.96. The van der Waals surface area contributed by atoms with Crippen molar-refractivity contribution in [3.63, 3.8) is 0 Å². The molecule has 2 rings (SSSR count). The van der Waals surface area contributed by atoms with Crippen LogP contribution in [0.15, 0.2) is 12.1 Å². The first-order valence-electron chi connectivity index (χ1n) is 5.83. The van der Waals surface area contributed by atoms with Gasteiger partial charge in [-0.15, -0.1) is 0 Å². The number of ether oxygens (including phenoxy) is 1. The number of nitrogens with one attached hydrogen (secondary N) is 1. The highest BCUT2D eigenvalue weighted by atomic mass is 35.5. The SMILES string of the molecule is CCc1c(Cl)cc(C2CCNC2)cc1OC. The van der Waals surface area contributed by atoms with Crippen molar-refractivity contribution < 1.29 is 4.74 Å². The average Bonchev–Trinajstić information content (AvgIpc) is 2.81. The molecule has 3 heteroatoms. The molecule has 0 aromatic heterocycles. The fourth-order valence-corrected chi connectivity index (χ4v) is 2.68. The summed E-state index contributed by atoms with van der Waals surface area (Å²) in [5.74, 6) is 1.51. The number of rotatable bonds is 3. The molecule has 1 aromatic rings. The van der Waals surface area contributed by atoms with E-state index in [9.17, 15) is 0 Å². The number of hydrogen-bond acceptors (Lipinski definition) is 2. The molecule has 0 radical (unpaired) electrons. The van der Waals surface area contributed by atoms with Crippen molar-refractivity contribution in [3.8, 4) is 5.75 Å². The molecule has 1 aliphatic rings. The Labute approximate surface area is 102 Å². The van der Waals surface area contributed by atoms with Crippen LogP contribution in [0.2, 0.25) is 5.02 Å². The van der Waals surface area contributed by atoms with Gasteiger partial charge in [0.25, 0.3) is 0 Å². The van der Waals surface area contributed by atoms with Gasteiger partial charge in [0.05, 0.1) is 7.11 Å². The lowest BCUT2D eigenvalue weighted by molar-refractivity contribution is 0.409. The highest BCUT2D eigenvalue weighted by Gasteiger charge is 2.19. The molecule has 88 valence electrons. The van der Waals surface area contributed by atoms with E-state index in [0.29, 0.717) is 5.92 Å². The molecular formula is C13H18ClNO. The van der Waals surface area contributed by atoms with Crippen molar-refractivity contribution in [1.29, 1.82) is 0 Å². The molecular weight excluding hydrogens is 222 g/mol. The second-order valence-electron chi connectivity index (χ2n) is 4.23. The number of benzene rings is 1. The monoisotopic (exact) mass is 239 g/mol. The Morgan fingerprint density at radius 2 is 2.31 bits per heavy atom. The predicted octanol–water partition coefficient (Wildman–Crippen LogP) is 2.99. The maximum atomic E-state index is 6.29. The van der Waals surface area contributed by atoms with Crippen LogP contribution in [-0.2, 0) is 6.42 Å². The van der Waals surface area contributed by atoms with E-state index in [1.165, 1.54) is 12.0 Å². The molecule has 0 saturated carbocycles. The van der Waals surface area contributed by atoms with Crippen LogP contribution in [-0.4, -0.2) is 20.2 Å². The maximum Gasteiger partial charge on any atom is 0.123 e. The molecule has 1 heterocycles. The van der Waals surface area contributed by atoms with Gasteiger partial charge in [0.15, 0.2) is 0 Å². The fourth-order valence-electron chi connectivity index (χ4n) is 2.33. The minimum absolute atomic E-state index is 0.581. The summed E-state index contributed by atoms with van der Waals surface area (Å²) in [5, 5.41) is 4.21. The molecule has 0 bridgehead atoms. The van der Waals surface area contributed by atoms with Crippen LogP contribution in [0.4, 0.5) is 0 Å². The van der Waals surface area contributed by atoms with Crippen LogP contribution in [0.3, 0.4) is 0 Å². The predicted molar refractivity (Wildman–Crippen MR) is 67.6 cm³/mol. The molecule has 2 nitrogen and oxygen atoms in total. The minimum atomic E-state index is 0.581.